The Morgan fingerprint density at radius 1 is 1.06 bits per heavy atom. The summed E-state index contributed by atoms with van der Waals surface area (Å²) < 4.78 is 36.5. The lowest BCUT2D eigenvalue weighted by Crippen LogP contribution is -2.65. The number of esters is 1. The van der Waals surface area contributed by atoms with Crippen molar-refractivity contribution in [3.05, 3.63) is 29.3 Å². The molecule has 0 aromatic heterocycles. The van der Waals surface area contributed by atoms with Gasteiger partial charge in [0.05, 0.1) is 43.4 Å². The Balaban J connectivity index is 1.33. The Hall–Kier alpha value is -2.87. The zero-order chi connectivity index (χ0) is 37.7. The third kappa shape index (κ3) is 8.37. The fourth-order valence-corrected chi connectivity index (χ4v) is 8.72. The van der Waals surface area contributed by atoms with E-state index in [1.165, 1.54) is 7.11 Å². The molecular weight excluding hydrogens is 653 g/mol. The van der Waals surface area contributed by atoms with Crippen LogP contribution < -0.4 is 10.1 Å². The van der Waals surface area contributed by atoms with Crippen molar-refractivity contribution in [1.82, 2.24) is 15.1 Å². The summed E-state index contributed by atoms with van der Waals surface area (Å²) in [5.74, 6) is 0.0862. The first-order valence-electron chi connectivity index (χ1n) is 18.4. The van der Waals surface area contributed by atoms with Crippen molar-refractivity contribution < 1.29 is 42.6 Å². The van der Waals surface area contributed by atoms with E-state index in [4.69, 9.17) is 28.3 Å². The van der Waals surface area contributed by atoms with Gasteiger partial charge in [-0.15, -0.1) is 0 Å². The van der Waals surface area contributed by atoms with Crippen LogP contribution in [0.3, 0.4) is 0 Å². The maximum absolute atomic E-state index is 13.9. The number of carbonyl (C=O) groups excluding carboxylic acids is 3. The van der Waals surface area contributed by atoms with E-state index in [1.807, 2.05) is 52.5 Å². The number of benzene rings is 1. The molecule has 1 aromatic carbocycles. The Bertz CT molecular complexity index is 1460. The number of amides is 2. The summed E-state index contributed by atoms with van der Waals surface area (Å²) in [4.78, 5) is 43.6. The van der Waals surface area contributed by atoms with Gasteiger partial charge in [-0.2, -0.15) is 0 Å². The minimum Gasteiger partial charge on any atom is -0.496 e. The third-order valence-corrected chi connectivity index (χ3v) is 11.5. The van der Waals surface area contributed by atoms with Crippen LogP contribution in [-0.4, -0.2) is 117 Å². The smallest absolute Gasteiger partial charge is 0.482 e. The molecule has 5 fully saturated rings. The Kier molecular flexibility index (Phi) is 11.2. The van der Waals surface area contributed by atoms with Gasteiger partial charge >= 0.3 is 19.2 Å². The van der Waals surface area contributed by atoms with Gasteiger partial charge in [0.15, 0.2) is 0 Å². The molecule has 2 saturated heterocycles. The normalized spacial score (nSPS) is 29.3. The van der Waals surface area contributed by atoms with Gasteiger partial charge < -0.3 is 38.5 Å². The van der Waals surface area contributed by atoms with Gasteiger partial charge in [0.2, 0.25) is 5.91 Å². The number of rotatable bonds is 10. The van der Waals surface area contributed by atoms with Crippen molar-refractivity contribution in [2.24, 2.45) is 17.3 Å². The van der Waals surface area contributed by atoms with E-state index in [2.05, 4.69) is 26.1 Å². The van der Waals surface area contributed by atoms with Gasteiger partial charge in [-0.3, -0.25) is 9.69 Å². The molecular formula is C38H60BN3O9. The van der Waals surface area contributed by atoms with Crippen LogP contribution in [0.5, 0.6) is 5.75 Å². The minimum atomic E-state index is -0.700. The molecule has 3 aliphatic carbocycles. The predicted octanol–water partition coefficient (Wildman–Crippen LogP) is 4.90. The molecule has 2 amide bonds. The average molecular weight is 714 g/mol. The van der Waals surface area contributed by atoms with E-state index in [-0.39, 0.29) is 36.1 Å². The van der Waals surface area contributed by atoms with E-state index in [0.29, 0.717) is 49.1 Å². The lowest BCUT2D eigenvalue weighted by Gasteiger charge is -2.64. The highest BCUT2D eigenvalue weighted by Crippen LogP contribution is 2.65. The van der Waals surface area contributed by atoms with Crippen LogP contribution in [0.25, 0.3) is 0 Å². The van der Waals surface area contributed by atoms with Gasteiger partial charge in [-0.1, -0.05) is 26.0 Å². The van der Waals surface area contributed by atoms with Crippen LogP contribution in [0.1, 0.15) is 97.5 Å². The molecule has 1 aromatic rings. The molecule has 3 saturated carbocycles. The lowest BCUT2D eigenvalue weighted by atomic mass is 9.43. The highest BCUT2D eigenvalue weighted by atomic mass is 16.7. The van der Waals surface area contributed by atoms with E-state index >= 15 is 0 Å². The molecule has 5 aliphatic rings. The zero-order valence-electron chi connectivity index (χ0n) is 32.8. The molecule has 12 nitrogen and oxygen atoms in total. The minimum absolute atomic E-state index is 0.0721. The Morgan fingerprint density at radius 3 is 2.35 bits per heavy atom. The Morgan fingerprint density at radius 2 is 1.75 bits per heavy atom. The summed E-state index contributed by atoms with van der Waals surface area (Å²) in [5.41, 5.74) is -0.550. The monoisotopic (exact) mass is 713 g/mol. The topological polar surface area (TPSA) is 125 Å². The molecule has 13 heteroatoms. The number of para-hydroxylation sites is 1. The van der Waals surface area contributed by atoms with Crippen molar-refractivity contribution in [3.8, 4) is 5.75 Å². The van der Waals surface area contributed by atoms with E-state index in [1.54, 1.807) is 31.2 Å². The van der Waals surface area contributed by atoms with E-state index < -0.39 is 41.9 Å². The van der Waals surface area contributed by atoms with Crippen LogP contribution in [0, 0.1) is 17.3 Å². The van der Waals surface area contributed by atoms with Crippen LogP contribution >= 0.6 is 0 Å². The third-order valence-electron chi connectivity index (χ3n) is 11.5. The molecule has 6 rings (SSSR count). The van der Waals surface area contributed by atoms with Crippen LogP contribution in [0.4, 0.5) is 4.79 Å². The molecule has 284 valence electrons. The summed E-state index contributed by atoms with van der Waals surface area (Å²) in [6.07, 6.45) is 2.17. The highest BCUT2D eigenvalue weighted by Gasteiger charge is 2.68. The largest absolute Gasteiger partial charge is 0.496 e. The van der Waals surface area contributed by atoms with Crippen LogP contribution in [0.15, 0.2) is 18.2 Å². The highest BCUT2D eigenvalue weighted by molar-refractivity contribution is 6.48. The second-order valence-corrected chi connectivity index (χ2v) is 17.7. The standard InChI is InChI=1S/C38H60BN3O9/c1-35(2,3)48-33(44)25-15-13-14-23(32(25)47-12)18-30(39-50-29-20-24-19-28(37(24,7)8)38(29,9)51-39)40-31(43)22-42-17-16-26(27(21-42)46-11)41(10)34(45)49-36(4,5)6/h13-15,24,26-30H,16-22H2,1-12H3,(H,40,43). The quantitative estimate of drug-likeness (QED) is 0.265. The molecule has 1 N–H and O–H groups in total. The number of hydrogen-bond donors (Lipinski definition) is 1. The molecule has 0 spiro atoms. The number of nitrogens with zero attached hydrogens (tertiary/aromatic N) is 2. The maximum Gasteiger partial charge on any atom is 0.482 e. The fourth-order valence-electron chi connectivity index (χ4n) is 8.72. The lowest BCUT2D eigenvalue weighted by molar-refractivity contribution is -0.199. The molecule has 2 heterocycles. The van der Waals surface area contributed by atoms with Gasteiger partial charge in [-0.05, 0) is 103 Å². The van der Waals surface area contributed by atoms with Crippen molar-refractivity contribution in [2.45, 2.75) is 129 Å². The Labute approximate surface area is 304 Å². The van der Waals surface area contributed by atoms with Crippen molar-refractivity contribution >= 4 is 25.1 Å². The molecule has 2 aliphatic heterocycles. The predicted molar refractivity (Wildman–Crippen MR) is 194 cm³/mol. The van der Waals surface area contributed by atoms with Gasteiger partial charge in [0.1, 0.15) is 22.5 Å². The SMILES string of the molecule is COc1c(CC(NC(=O)CN2CCC(N(C)C(=O)OC(C)(C)C)C(OC)C2)B2OC3CC4CC(C4(C)C)C3(C)O2)cccc1C(=O)OC(C)(C)C. The van der Waals surface area contributed by atoms with Crippen molar-refractivity contribution in [1.29, 1.82) is 0 Å². The number of hydrogen-bond acceptors (Lipinski definition) is 10. The molecule has 7 atom stereocenters. The summed E-state index contributed by atoms with van der Waals surface area (Å²) in [7, 11) is 4.19. The number of ether oxygens (including phenoxy) is 4. The summed E-state index contributed by atoms with van der Waals surface area (Å²) in [5, 5.41) is 3.25. The zero-order valence-corrected chi connectivity index (χ0v) is 32.8. The number of carbonyl (C=O) groups is 3. The summed E-state index contributed by atoms with van der Waals surface area (Å²) >= 11 is 0. The number of nitrogens with one attached hydrogen (secondary N) is 1. The first-order valence-corrected chi connectivity index (χ1v) is 18.4. The number of likely N-dealkylation sites (N-methyl/N-ethyl adjacent to an activating group) is 1. The van der Waals surface area contributed by atoms with E-state index in [9.17, 15) is 14.4 Å². The van der Waals surface area contributed by atoms with E-state index in [0.717, 1.165) is 18.4 Å². The first kappa shape index (κ1) is 39.3. The molecule has 2 bridgehead atoms. The van der Waals surface area contributed by atoms with Crippen LogP contribution in [-0.2, 0) is 34.7 Å². The second-order valence-electron chi connectivity index (χ2n) is 17.7. The summed E-state index contributed by atoms with van der Waals surface area (Å²) in [6.45, 7) is 19.0. The summed E-state index contributed by atoms with van der Waals surface area (Å²) in [6, 6.07) is 5.19. The molecule has 7 unspecified atom stereocenters. The number of likely N-dealkylation sites (tertiary alicyclic amines) is 1. The fraction of sp³-hybridized carbons (Fsp3) is 0.763. The average Bonchev–Trinajstić information content (AvgIpc) is 3.39. The second kappa shape index (κ2) is 14.5. The number of piperidine rings is 1. The van der Waals surface area contributed by atoms with Gasteiger partial charge in [0, 0.05) is 27.2 Å². The van der Waals surface area contributed by atoms with Crippen molar-refractivity contribution in [2.75, 3.05) is 40.9 Å². The van der Waals surface area contributed by atoms with Gasteiger partial charge in [-0.25, -0.2) is 9.59 Å². The van der Waals surface area contributed by atoms with Gasteiger partial charge in [0.25, 0.3) is 0 Å². The molecule has 51 heavy (non-hydrogen) atoms. The van der Waals surface area contributed by atoms with Crippen LogP contribution in [0.2, 0.25) is 0 Å². The first-order chi connectivity index (χ1) is 23.7. The van der Waals surface area contributed by atoms with Crippen molar-refractivity contribution in [3.63, 3.8) is 0 Å². The maximum atomic E-state index is 13.9. The number of methoxy groups -OCH3 is 2. The molecule has 0 radical (unpaired) electrons.